The van der Waals surface area contributed by atoms with Crippen LogP contribution in [0.1, 0.15) is 84.0 Å². The van der Waals surface area contributed by atoms with Crippen molar-refractivity contribution in [1.82, 2.24) is 0 Å². The second-order valence-electron chi connectivity index (χ2n) is 6.08. The Kier molecular flexibility index (Phi) is 8.74. The summed E-state index contributed by atoms with van der Waals surface area (Å²) in [6.07, 6.45) is 16.1. The van der Waals surface area contributed by atoms with Crippen LogP contribution in [0, 0.1) is 11.8 Å². The smallest absolute Gasteiger partial charge is 0.0894 e. The number of hydrogen-bond donors (Lipinski definition) is 0. The lowest BCUT2D eigenvalue weighted by Crippen LogP contribution is -2.06. The van der Waals surface area contributed by atoms with Gasteiger partial charge in [0.15, 0.2) is 0 Å². The van der Waals surface area contributed by atoms with Crippen LogP contribution in [-0.4, -0.2) is 6.67 Å². The maximum atomic E-state index is 12.0. The molecule has 1 heteroatoms. The first-order chi connectivity index (χ1) is 8.33. The van der Waals surface area contributed by atoms with Gasteiger partial charge in [0.05, 0.1) is 6.67 Å². The van der Waals surface area contributed by atoms with Crippen molar-refractivity contribution in [2.75, 3.05) is 6.67 Å². The first-order valence-corrected chi connectivity index (χ1v) is 7.89. The highest BCUT2D eigenvalue weighted by Gasteiger charge is 2.12. The van der Waals surface area contributed by atoms with Gasteiger partial charge in [-0.15, -0.1) is 0 Å². The van der Waals surface area contributed by atoms with Gasteiger partial charge in [0.25, 0.3) is 0 Å². The minimum atomic E-state index is -0.131. The zero-order chi connectivity index (χ0) is 12.3. The molecule has 0 aromatic heterocycles. The number of unbranched alkanes of at least 4 members (excludes halogenated alkanes) is 2. The lowest BCUT2D eigenvalue weighted by molar-refractivity contribution is 0.322. The quantitative estimate of drug-likeness (QED) is 0.441. The summed E-state index contributed by atoms with van der Waals surface area (Å²) in [4.78, 5) is 0. The summed E-state index contributed by atoms with van der Waals surface area (Å²) in [5, 5.41) is 0. The van der Waals surface area contributed by atoms with E-state index in [0.29, 0.717) is 0 Å². The van der Waals surface area contributed by atoms with Gasteiger partial charge in [-0.2, -0.15) is 0 Å². The molecule has 1 fully saturated rings. The molecule has 0 bridgehead atoms. The van der Waals surface area contributed by atoms with Crippen LogP contribution < -0.4 is 0 Å². The van der Waals surface area contributed by atoms with E-state index < -0.39 is 0 Å². The molecule has 0 spiro atoms. The minimum absolute atomic E-state index is 0.131. The maximum Gasteiger partial charge on any atom is 0.0894 e. The fourth-order valence-electron chi connectivity index (χ4n) is 3.13. The van der Waals surface area contributed by atoms with E-state index >= 15 is 0 Å². The number of rotatable bonds is 9. The van der Waals surface area contributed by atoms with Crippen LogP contribution >= 0.6 is 0 Å². The number of alkyl halides is 1. The summed E-state index contributed by atoms with van der Waals surface area (Å²) < 4.78 is 12.0. The third kappa shape index (κ3) is 7.78. The molecule has 1 aliphatic rings. The van der Waals surface area contributed by atoms with Gasteiger partial charge in [0.1, 0.15) is 0 Å². The van der Waals surface area contributed by atoms with Crippen LogP contribution in [0.15, 0.2) is 0 Å². The molecular weight excluding hydrogens is 211 g/mol. The van der Waals surface area contributed by atoms with E-state index in [-0.39, 0.29) is 6.67 Å². The average Bonchev–Trinajstić information content (AvgIpc) is 2.36. The Hall–Kier alpha value is -0.0700. The Morgan fingerprint density at radius 3 is 2.24 bits per heavy atom. The fraction of sp³-hybridized carbons (Fsp3) is 1.00. The lowest BCUT2D eigenvalue weighted by atomic mass is 9.85. The molecule has 102 valence electrons. The average molecular weight is 242 g/mol. The number of halogens is 1. The molecular formula is C16H31F. The first-order valence-electron chi connectivity index (χ1n) is 7.89. The molecule has 0 unspecified atom stereocenters. The topological polar surface area (TPSA) is 0 Å². The highest BCUT2D eigenvalue weighted by molar-refractivity contribution is 4.66. The van der Waals surface area contributed by atoms with Crippen molar-refractivity contribution in [2.24, 2.45) is 11.8 Å². The predicted molar refractivity (Wildman–Crippen MR) is 74.0 cm³/mol. The van der Waals surface area contributed by atoms with E-state index in [1.54, 1.807) is 0 Å². The second-order valence-corrected chi connectivity index (χ2v) is 6.08. The van der Waals surface area contributed by atoms with Gasteiger partial charge in [-0.1, -0.05) is 77.6 Å². The summed E-state index contributed by atoms with van der Waals surface area (Å²) in [6.45, 7) is 2.20. The zero-order valence-electron chi connectivity index (χ0n) is 11.7. The van der Waals surface area contributed by atoms with Crippen LogP contribution in [-0.2, 0) is 0 Å². The van der Waals surface area contributed by atoms with Crippen molar-refractivity contribution in [3.8, 4) is 0 Å². The maximum absolute atomic E-state index is 12.0. The predicted octanol–water partition coefficient (Wildman–Crippen LogP) is 5.90. The van der Waals surface area contributed by atoms with Crippen molar-refractivity contribution >= 4 is 0 Å². The van der Waals surface area contributed by atoms with Crippen molar-refractivity contribution in [1.29, 1.82) is 0 Å². The van der Waals surface area contributed by atoms with E-state index in [1.165, 1.54) is 64.2 Å². The molecule has 17 heavy (non-hydrogen) atoms. The Balaban J connectivity index is 1.88. The first kappa shape index (κ1) is 15.0. The van der Waals surface area contributed by atoms with Crippen molar-refractivity contribution < 1.29 is 4.39 Å². The van der Waals surface area contributed by atoms with Gasteiger partial charge >= 0.3 is 0 Å². The van der Waals surface area contributed by atoms with Crippen LogP contribution in [0.5, 0.6) is 0 Å². The van der Waals surface area contributed by atoms with Gasteiger partial charge in [-0.3, -0.25) is 4.39 Å². The van der Waals surface area contributed by atoms with Gasteiger partial charge in [-0.25, -0.2) is 0 Å². The lowest BCUT2D eigenvalue weighted by Gasteiger charge is -2.21. The highest BCUT2D eigenvalue weighted by Crippen LogP contribution is 2.28. The normalized spacial score (nSPS) is 19.4. The standard InChI is InChI=1S/C16H31F/c1-15(10-7-8-14-17)9-5-6-13-16-11-3-2-4-12-16/h15-16H,2-14H2,1H3/t15-/m1/s1. The third-order valence-electron chi connectivity index (χ3n) is 4.36. The Morgan fingerprint density at radius 2 is 1.59 bits per heavy atom. The fourth-order valence-corrected chi connectivity index (χ4v) is 3.13. The molecule has 0 aromatic carbocycles. The van der Waals surface area contributed by atoms with Crippen LogP contribution in [0.2, 0.25) is 0 Å². The van der Waals surface area contributed by atoms with E-state index in [2.05, 4.69) is 6.92 Å². The summed E-state index contributed by atoms with van der Waals surface area (Å²) in [5.74, 6) is 1.86. The molecule has 0 aromatic rings. The minimum Gasteiger partial charge on any atom is -0.251 e. The van der Waals surface area contributed by atoms with Crippen molar-refractivity contribution in [2.45, 2.75) is 84.0 Å². The third-order valence-corrected chi connectivity index (χ3v) is 4.36. The Labute approximate surface area is 107 Å². The zero-order valence-corrected chi connectivity index (χ0v) is 11.7. The molecule has 0 saturated heterocycles. The van der Waals surface area contributed by atoms with Crippen molar-refractivity contribution in [3.63, 3.8) is 0 Å². The van der Waals surface area contributed by atoms with Gasteiger partial charge in [-0.05, 0) is 18.3 Å². The van der Waals surface area contributed by atoms with Crippen LogP contribution in [0.25, 0.3) is 0 Å². The summed E-state index contributed by atoms with van der Waals surface area (Å²) >= 11 is 0. The van der Waals surface area contributed by atoms with Gasteiger partial charge in [0, 0.05) is 0 Å². The molecule has 1 rings (SSSR count). The van der Waals surface area contributed by atoms with Crippen LogP contribution in [0.4, 0.5) is 4.39 Å². The van der Waals surface area contributed by atoms with Crippen LogP contribution in [0.3, 0.4) is 0 Å². The Bertz CT molecular complexity index is 161. The second kappa shape index (κ2) is 9.91. The summed E-state index contributed by atoms with van der Waals surface area (Å²) in [5.41, 5.74) is 0. The number of hydrogen-bond acceptors (Lipinski definition) is 0. The molecule has 0 heterocycles. The molecule has 1 atom stereocenters. The SMILES string of the molecule is C[C@@H](CCCCF)CCCCC1CCCCC1. The molecule has 1 saturated carbocycles. The molecule has 0 nitrogen and oxygen atoms in total. The van der Waals surface area contributed by atoms with E-state index in [0.717, 1.165) is 24.7 Å². The van der Waals surface area contributed by atoms with Gasteiger partial charge < -0.3 is 0 Å². The van der Waals surface area contributed by atoms with E-state index in [4.69, 9.17) is 0 Å². The molecule has 0 N–H and O–H groups in total. The highest BCUT2D eigenvalue weighted by atomic mass is 19.1. The summed E-state index contributed by atoms with van der Waals surface area (Å²) in [6, 6.07) is 0. The molecule has 0 radical (unpaired) electrons. The van der Waals surface area contributed by atoms with Gasteiger partial charge in [0.2, 0.25) is 0 Å². The monoisotopic (exact) mass is 242 g/mol. The summed E-state index contributed by atoms with van der Waals surface area (Å²) in [7, 11) is 0. The molecule has 0 aliphatic heterocycles. The van der Waals surface area contributed by atoms with E-state index in [1.807, 2.05) is 0 Å². The Morgan fingerprint density at radius 1 is 0.941 bits per heavy atom. The molecule has 1 aliphatic carbocycles. The molecule has 0 amide bonds. The largest absolute Gasteiger partial charge is 0.251 e. The van der Waals surface area contributed by atoms with Crippen molar-refractivity contribution in [3.05, 3.63) is 0 Å². The van der Waals surface area contributed by atoms with E-state index in [9.17, 15) is 4.39 Å².